The lowest BCUT2D eigenvalue weighted by atomic mass is 9.78. The summed E-state index contributed by atoms with van der Waals surface area (Å²) in [4.78, 5) is 0. The van der Waals surface area contributed by atoms with Crippen LogP contribution in [0.15, 0.2) is 34.4 Å². The standard InChI is InChI=1S/C29H50O/c1-7-30-29-26(6)25(5)27-18-10-8-9-13-22(2)14-11-15-23(3)16-12-17-24(4)19-20-28(29)21-27/h13,21,23-24,26,29H,7-12,14-20H2,1-6H3/b22-13+. The van der Waals surface area contributed by atoms with Crippen LogP contribution in [0.25, 0.3) is 0 Å². The lowest BCUT2D eigenvalue weighted by molar-refractivity contribution is 0.0564. The fourth-order valence-corrected chi connectivity index (χ4v) is 5.33. The number of ether oxygens (including phenoxy) is 1. The Morgan fingerprint density at radius 3 is 2.27 bits per heavy atom. The average molecular weight is 415 g/mol. The molecule has 0 aliphatic heterocycles. The first-order valence-corrected chi connectivity index (χ1v) is 13.1. The van der Waals surface area contributed by atoms with E-state index in [4.69, 9.17) is 4.74 Å². The molecule has 0 aromatic carbocycles. The molecule has 30 heavy (non-hydrogen) atoms. The van der Waals surface area contributed by atoms with E-state index < -0.39 is 0 Å². The molecule has 2 rings (SSSR count). The van der Waals surface area contributed by atoms with Crippen molar-refractivity contribution in [1.82, 2.24) is 0 Å². The number of fused-ring (bicyclic) bond motifs is 1. The summed E-state index contributed by atoms with van der Waals surface area (Å²) < 4.78 is 6.25. The van der Waals surface area contributed by atoms with Gasteiger partial charge in [0.2, 0.25) is 0 Å². The maximum absolute atomic E-state index is 6.25. The van der Waals surface area contributed by atoms with E-state index in [1.165, 1.54) is 77.0 Å². The highest BCUT2D eigenvalue weighted by Crippen LogP contribution is 2.36. The van der Waals surface area contributed by atoms with E-state index in [-0.39, 0.29) is 0 Å². The molecule has 172 valence electrons. The van der Waals surface area contributed by atoms with Crippen molar-refractivity contribution in [2.24, 2.45) is 17.8 Å². The molecule has 4 unspecified atom stereocenters. The lowest BCUT2D eigenvalue weighted by Crippen LogP contribution is -2.29. The zero-order chi connectivity index (χ0) is 21.9. The SMILES string of the molecule is CCOC1C2=CC(=C(C)C1C)CCCC/C=C(\C)CCCC(C)CCCC(C)CC2. The van der Waals surface area contributed by atoms with Gasteiger partial charge >= 0.3 is 0 Å². The van der Waals surface area contributed by atoms with Crippen molar-refractivity contribution in [3.05, 3.63) is 34.4 Å². The van der Waals surface area contributed by atoms with Crippen LogP contribution in [0.1, 0.15) is 119 Å². The fourth-order valence-electron chi connectivity index (χ4n) is 5.33. The van der Waals surface area contributed by atoms with Gasteiger partial charge in [-0.05, 0) is 95.1 Å². The molecule has 1 heteroatoms. The highest BCUT2D eigenvalue weighted by Gasteiger charge is 2.28. The largest absolute Gasteiger partial charge is 0.374 e. The van der Waals surface area contributed by atoms with Crippen LogP contribution in [0.3, 0.4) is 0 Å². The lowest BCUT2D eigenvalue weighted by Gasteiger charge is -2.33. The van der Waals surface area contributed by atoms with Gasteiger partial charge in [-0.25, -0.2) is 0 Å². The molecule has 0 amide bonds. The van der Waals surface area contributed by atoms with Crippen LogP contribution in [0.2, 0.25) is 0 Å². The molecule has 4 atom stereocenters. The normalized spacial score (nSPS) is 33.0. The van der Waals surface area contributed by atoms with E-state index in [0.29, 0.717) is 12.0 Å². The van der Waals surface area contributed by atoms with Crippen molar-refractivity contribution in [2.75, 3.05) is 6.61 Å². The molecule has 0 saturated carbocycles. The van der Waals surface area contributed by atoms with Gasteiger partial charge in [-0.1, -0.05) is 69.8 Å². The smallest absolute Gasteiger partial charge is 0.0850 e. The van der Waals surface area contributed by atoms with E-state index >= 15 is 0 Å². The number of allylic oxidation sites excluding steroid dienone is 4. The molecule has 0 radical (unpaired) electrons. The molecule has 0 spiro atoms. The summed E-state index contributed by atoms with van der Waals surface area (Å²) in [5, 5.41) is 0. The van der Waals surface area contributed by atoms with Gasteiger partial charge in [-0.2, -0.15) is 0 Å². The molecule has 1 nitrogen and oxygen atoms in total. The summed E-state index contributed by atoms with van der Waals surface area (Å²) in [7, 11) is 0. The minimum Gasteiger partial charge on any atom is -0.374 e. The summed E-state index contributed by atoms with van der Waals surface area (Å²) in [6.07, 6.45) is 21.2. The molecular formula is C29H50O. The number of hydrogen-bond acceptors (Lipinski definition) is 1. The summed E-state index contributed by atoms with van der Waals surface area (Å²) >= 11 is 0. The first-order chi connectivity index (χ1) is 14.4. The highest BCUT2D eigenvalue weighted by molar-refractivity contribution is 5.37. The van der Waals surface area contributed by atoms with Crippen molar-refractivity contribution >= 4 is 0 Å². The maximum atomic E-state index is 6.25. The van der Waals surface area contributed by atoms with Crippen molar-refractivity contribution in [2.45, 2.75) is 125 Å². The maximum Gasteiger partial charge on any atom is 0.0850 e. The molecule has 2 bridgehead atoms. The van der Waals surface area contributed by atoms with Crippen LogP contribution in [-0.2, 0) is 4.74 Å². The van der Waals surface area contributed by atoms with Crippen LogP contribution in [0, 0.1) is 17.8 Å². The topological polar surface area (TPSA) is 9.23 Å². The van der Waals surface area contributed by atoms with Crippen LogP contribution < -0.4 is 0 Å². The fraction of sp³-hybridized carbons (Fsp3) is 0.793. The Bertz CT molecular complexity index is 593. The molecule has 2 aliphatic carbocycles. The second-order valence-corrected chi connectivity index (χ2v) is 10.5. The van der Waals surface area contributed by atoms with Gasteiger partial charge in [-0.3, -0.25) is 0 Å². The molecule has 0 saturated heterocycles. The van der Waals surface area contributed by atoms with Crippen LogP contribution in [0.4, 0.5) is 0 Å². The molecular weight excluding hydrogens is 364 g/mol. The van der Waals surface area contributed by atoms with Crippen LogP contribution in [0.5, 0.6) is 0 Å². The predicted molar refractivity (Wildman–Crippen MR) is 133 cm³/mol. The van der Waals surface area contributed by atoms with Crippen LogP contribution >= 0.6 is 0 Å². The minimum absolute atomic E-state index is 0.297. The highest BCUT2D eigenvalue weighted by atomic mass is 16.5. The number of rotatable bonds is 2. The van der Waals surface area contributed by atoms with E-state index in [9.17, 15) is 0 Å². The molecule has 0 aromatic heterocycles. The molecule has 0 N–H and O–H groups in total. The average Bonchev–Trinajstić information content (AvgIpc) is 2.71. The Labute approximate surface area is 188 Å². The van der Waals surface area contributed by atoms with Gasteiger partial charge in [0.25, 0.3) is 0 Å². The number of hydrogen-bond donors (Lipinski definition) is 0. The van der Waals surface area contributed by atoms with Gasteiger partial charge < -0.3 is 4.74 Å². The summed E-state index contributed by atoms with van der Waals surface area (Å²) in [6.45, 7) is 15.0. The second-order valence-electron chi connectivity index (χ2n) is 10.5. The summed E-state index contributed by atoms with van der Waals surface area (Å²) in [5.74, 6) is 2.22. The second kappa shape index (κ2) is 13.6. The first-order valence-electron chi connectivity index (χ1n) is 13.1. The Hall–Kier alpha value is -0.820. The van der Waals surface area contributed by atoms with Gasteiger partial charge in [0.1, 0.15) is 0 Å². The monoisotopic (exact) mass is 414 g/mol. The Balaban J connectivity index is 2.10. The third-order valence-electron chi connectivity index (χ3n) is 7.70. The van der Waals surface area contributed by atoms with Gasteiger partial charge in [-0.15, -0.1) is 0 Å². The Morgan fingerprint density at radius 1 is 0.833 bits per heavy atom. The van der Waals surface area contributed by atoms with Crippen molar-refractivity contribution in [3.8, 4) is 0 Å². The Kier molecular flexibility index (Phi) is 11.5. The summed E-state index contributed by atoms with van der Waals surface area (Å²) in [5.41, 5.74) is 6.35. The van der Waals surface area contributed by atoms with E-state index in [1.807, 2.05) is 0 Å². The molecule has 2 aliphatic rings. The zero-order valence-electron chi connectivity index (χ0n) is 21.1. The summed E-state index contributed by atoms with van der Waals surface area (Å²) in [6, 6.07) is 0. The van der Waals surface area contributed by atoms with Crippen molar-refractivity contribution < 1.29 is 4.74 Å². The van der Waals surface area contributed by atoms with Gasteiger partial charge in [0, 0.05) is 12.5 Å². The van der Waals surface area contributed by atoms with E-state index in [2.05, 4.69) is 53.7 Å². The third kappa shape index (κ3) is 8.37. The van der Waals surface area contributed by atoms with Crippen molar-refractivity contribution in [1.29, 1.82) is 0 Å². The third-order valence-corrected chi connectivity index (χ3v) is 7.70. The first kappa shape index (κ1) is 25.4. The van der Waals surface area contributed by atoms with E-state index in [1.54, 1.807) is 22.3 Å². The Morgan fingerprint density at radius 2 is 1.53 bits per heavy atom. The van der Waals surface area contributed by atoms with Gasteiger partial charge in [0.05, 0.1) is 6.10 Å². The predicted octanol–water partition coefficient (Wildman–Crippen LogP) is 9.20. The van der Waals surface area contributed by atoms with E-state index in [0.717, 1.165) is 18.4 Å². The minimum atomic E-state index is 0.297. The van der Waals surface area contributed by atoms with Crippen LogP contribution in [-0.4, -0.2) is 12.7 Å². The quantitative estimate of drug-likeness (QED) is 0.409. The van der Waals surface area contributed by atoms with Crippen molar-refractivity contribution in [3.63, 3.8) is 0 Å². The molecule has 0 aromatic rings. The zero-order valence-corrected chi connectivity index (χ0v) is 21.1. The molecule has 0 heterocycles. The van der Waals surface area contributed by atoms with Gasteiger partial charge in [0.15, 0.2) is 0 Å². The molecule has 0 fully saturated rings.